The van der Waals surface area contributed by atoms with Gasteiger partial charge in [-0.05, 0) is 61.8 Å². The number of hydrogen-bond donors (Lipinski definition) is 1. The first-order valence-electron chi connectivity index (χ1n) is 11.5. The molecule has 1 heterocycles. The zero-order chi connectivity index (χ0) is 23.2. The summed E-state index contributed by atoms with van der Waals surface area (Å²) in [5.41, 5.74) is 2.64. The van der Waals surface area contributed by atoms with Crippen molar-refractivity contribution in [2.24, 2.45) is 4.99 Å². The normalized spacial score (nSPS) is 16.3. The van der Waals surface area contributed by atoms with E-state index in [-0.39, 0.29) is 18.6 Å². The SMILES string of the molecule is COc1cc(C=Nc2sc3c(c2C(=O)NC2CCCCC2)CCCC3)cc(Cl)c1OCC#N. The van der Waals surface area contributed by atoms with Gasteiger partial charge in [0.05, 0.1) is 17.7 Å². The van der Waals surface area contributed by atoms with E-state index in [1.54, 1.807) is 29.7 Å². The average molecular weight is 486 g/mol. The number of aryl methyl sites for hydroxylation is 1. The van der Waals surface area contributed by atoms with Crippen LogP contribution in [-0.2, 0) is 12.8 Å². The van der Waals surface area contributed by atoms with Gasteiger partial charge in [-0.2, -0.15) is 5.26 Å². The Morgan fingerprint density at radius 2 is 2.06 bits per heavy atom. The number of thiophene rings is 1. The number of nitrogens with one attached hydrogen (secondary N) is 1. The predicted octanol–water partition coefficient (Wildman–Crippen LogP) is 6.00. The van der Waals surface area contributed by atoms with Gasteiger partial charge in [-0.3, -0.25) is 4.79 Å². The van der Waals surface area contributed by atoms with Crippen LogP contribution in [0, 0.1) is 11.3 Å². The second kappa shape index (κ2) is 11.0. The Hall–Kier alpha value is -2.56. The average Bonchev–Trinajstić information content (AvgIpc) is 3.21. The Balaban J connectivity index is 1.62. The van der Waals surface area contributed by atoms with Crippen molar-refractivity contribution < 1.29 is 14.3 Å². The van der Waals surface area contributed by atoms with E-state index >= 15 is 0 Å². The van der Waals surface area contributed by atoms with Gasteiger partial charge in [0.25, 0.3) is 5.91 Å². The van der Waals surface area contributed by atoms with Gasteiger partial charge in [-0.1, -0.05) is 30.9 Å². The second-order valence-corrected chi connectivity index (χ2v) is 9.93. The Morgan fingerprint density at radius 1 is 1.27 bits per heavy atom. The van der Waals surface area contributed by atoms with Gasteiger partial charge in [-0.15, -0.1) is 11.3 Å². The van der Waals surface area contributed by atoms with E-state index in [0.29, 0.717) is 16.5 Å². The minimum atomic E-state index is -0.121. The van der Waals surface area contributed by atoms with Crippen LogP contribution in [0.3, 0.4) is 0 Å². The Morgan fingerprint density at radius 3 is 2.82 bits per heavy atom. The predicted molar refractivity (Wildman–Crippen MR) is 132 cm³/mol. The van der Waals surface area contributed by atoms with Gasteiger partial charge < -0.3 is 14.8 Å². The van der Waals surface area contributed by atoms with Crippen LogP contribution in [0.5, 0.6) is 11.5 Å². The third-order valence-corrected chi connectivity index (χ3v) is 7.66. The first-order chi connectivity index (χ1) is 16.1. The molecule has 0 radical (unpaired) electrons. The van der Waals surface area contributed by atoms with Crippen molar-refractivity contribution >= 4 is 40.1 Å². The number of carbonyl (C=O) groups excluding carboxylic acids is 1. The highest BCUT2D eigenvalue weighted by molar-refractivity contribution is 7.16. The molecule has 0 bridgehead atoms. The van der Waals surface area contributed by atoms with Gasteiger partial charge in [0.1, 0.15) is 11.1 Å². The van der Waals surface area contributed by atoms with E-state index in [9.17, 15) is 4.79 Å². The standard InChI is InChI=1S/C25H28ClN3O3S/c1-31-20-14-16(13-19(26)23(20)32-12-11-27)15-28-25-22(18-9-5-6-10-21(18)33-25)24(30)29-17-7-3-2-4-8-17/h13-15,17H,2-10,12H2,1H3,(H,29,30). The number of hydrogen-bond acceptors (Lipinski definition) is 6. The van der Waals surface area contributed by atoms with Gasteiger partial charge in [-0.25, -0.2) is 4.99 Å². The molecule has 0 aliphatic heterocycles. The molecule has 1 aromatic heterocycles. The van der Waals surface area contributed by atoms with E-state index in [1.807, 2.05) is 6.07 Å². The fourth-order valence-corrected chi connectivity index (χ4v) is 6.08. The van der Waals surface area contributed by atoms with Crippen LogP contribution in [0.15, 0.2) is 17.1 Å². The zero-order valence-electron chi connectivity index (χ0n) is 18.8. The molecule has 0 saturated heterocycles. The summed E-state index contributed by atoms with van der Waals surface area (Å²) in [6.07, 6.45) is 11.6. The van der Waals surface area contributed by atoms with E-state index < -0.39 is 0 Å². The van der Waals surface area contributed by atoms with Crippen LogP contribution in [0.2, 0.25) is 5.02 Å². The number of methoxy groups -OCH3 is 1. The minimum Gasteiger partial charge on any atom is -0.493 e. The van der Waals surface area contributed by atoms with Gasteiger partial charge in [0, 0.05) is 17.1 Å². The monoisotopic (exact) mass is 485 g/mol. The van der Waals surface area contributed by atoms with Crippen molar-refractivity contribution in [3.63, 3.8) is 0 Å². The molecule has 1 amide bonds. The van der Waals surface area contributed by atoms with Crippen molar-refractivity contribution in [2.45, 2.75) is 63.8 Å². The van der Waals surface area contributed by atoms with Crippen LogP contribution in [-0.4, -0.2) is 31.9 Å². The molecule has 2 aromatic rings. The number of fused-ring (bicyclic) bond motifs is 1. The number of amides is 1. The summed E-state index contributed by atoms with van der Waals surface area (Å²) < 4.78 is 10.8. The molecule has 1 fully saturated rings. The molecule has 2 aliphatic carbocycles. The van der Waals surface area contributed by atoms with Crippen LogP contribution in [0.4, 0.5) is 5.00 Å². The fourth-order valence-electron chi connectivity index (χ4n) is 4.57. The van der Waals surface area contributed by atoms with Crippen molar-refractivity contribution in [1.82, 2.24) is 5.32 Å². The third-order valence-electron chi connectivity index (χ3n) is 6.18. The van der Waals surface area contributed by atoms with Crippen LogP contribution < -0.4 is 14.8 Å². The molecule has 0 spiro atoms. The van der Waals surface area contributed by atoms with E-state index in [2.05, 4.69) is 5.32 Å². The molecule has 2 aliphatic rings. The fraction of sp³-hybridized carbons (Fsp3) is 0.480. The van der Waals surface area contributed by atoms with Crippen molar-refractivity contribution in [1.29, 1.82) is 5.26 Å². The molecule has 8 heteroatoms. The molecule has 0 atom stereocenters. The Labute approximate surface area is 203 Å². The molecule has 33 heavy (non-hydrogen) atoms. The Kier molecular flexibility index (Phi) is 7.89. The number of rotatable bonds is 7. The maximum absolute atomic E-state index is 13.3. The Bertz CT molecular complexity index is 1080. The molecule has 1 N–H and O–H groups in total. The van der Waals surface area contributed by atoms with Gasteiger partial charge in [0.15, 0.2) is 18.1 Å². The number of halogens is 1. The summed E-state index contributed by atoms with van der Waals surface area (Å²) in [4.78, 5) is 19.3. The maximum atomic E-state index is 13.3. The topological polar surface area (TPSA) is 83.7 Å². The maximum Gasteiger partial charge on any atom is 0.254 e. The number of nitriles is 1. The summed E-state index contributed by atoms with van der Waals surface area (Å²) in [5.74, 6) is 0.765. The smallest absolute Gasteiger partial charge is 0.254 e. The van der Waals surface area contributed by atoms with Crippen LogP contribution in [0.1, 0.15) is 71.3 Å². The summed E-state index contributed by atoms with van der Waals surface area (Å²) in [5, 5.41) is 13.1. The minimum absolute atomic E-state index is 0.00399. The van der Waals surface area contributed by atoms with Crippen molar-refractivity contribution in [2.75, 3.05) is 13.7 Å². The molecule has 1 aromatic carbocycles. The van der Waals surface area contributed by atoms with E-state index in [4.69, 9.17) is 31.3 Å². The third kappa shape index (κ3) is 5.51. The second-order valence-electron chi connectivity index (χ2n) is 8.44. The number of carbonyl (C=O) groups is 1. The highest BCUT2D eigenvalue weighted by atomic mass is 35.5. The number of nitrogens with zero attached hydrogens (tertiary/aromatic N) is 2. The quantitative estimate of drug-likeness (QED) is 0.487. The molecule has 6 nitrogen and oxygen atoms in total. The summed E-state index contributed by atoms with van der Waals surface area (Å²) >= 11 is 7.98. The number of benzene rings is 1. The van der Waals surface area contributed by atoms with Crippen molar-refractivity contribution in [3.8, 4) is 17.6 Å². The largest absolute Gasteiger partial charge is 0.493 e. The lowest BCUT2D eigenvalue weighted by Gasteiger charge is -2.23. The first kappa shape index (κ1) is 23.6. The molecule has 0 unspecified atom stereocenters. The molecule has 174 valence electrons. The van der Waals surface area contributed by atoms with Gasteiger partial charge >= 0.3 is 0 Å². The highest BCUT2D eigenvalue weighted by Gasteiger charge is 2.27. The zero-order valence-corrected chi connectivity index (χ0v) is 20.4. The lowest BCUT2D eigenvalue weighted by molar-refractivity contribution is 0.0927. The van der Waals surface area contributed by atoms with Crippen LogP contribution in [0.25, 0.3) is 0 Å². The summed E-state index contributed by atoms with van der Waals surface area (Å²) in [7, 11) is 1.52. The lowest BCUT2D eigenvalue weighted by Crippen LogP contribution is -2.36. The molecular formula is C25H28ClN3O3S. The van der Waals surface area contributed by atoms with Gasteiger partial charge in [0.2, 0.25) is 0 Å². The highest BCUT2D eigenvalue weighted by Crippen LogP contribution is 2.41. The lowest BCUT2D eigenvalue weighted by atomic mass is 9.93. The molecule has 1 saturated carbocycles. The first-order valence-corrected chi connectivity index (χ1v) is 12.7. The summed E-state index contributed by atoms with van der Waals surface area (Å²) in [6, 6.07) is 5.66. The van der Waals surface area contributed by atoms with Crippen LogP contribution >= 0.6 is 22.9 Å². The van der Waals surface area contributed by atoms with E-state index in [1.165, 1.54) is 36.8 Å². The molecular weight excluding hydrogens is 458 g/mol. The van der Waals surface area contributed by atoms with Crippen molar-refractivity contribution in [3.05, 3.63) is 38.7 Å². The van der Waals surface area contributed by atoms with E-state index in [0.717, 1.165) is 54.7 Å². The summed E-state index contributed by atoms with van der Waals surface area (Å²) in [6.45, 7) is -0.121. The number of aliphatic imine (C=N–C) groups is 1. The number of ether oxygens (including phenoxy) is 2. The molecule has 4 rings (SSSR count).